The van der Waals surface area contributed by atoms with Gasteiger partial charge in [-0.3, -0.25) is 0 Å². The third-order valence-corrected chi connectivity index (χ3v) is 5.66. The van der Waals surface area contributed by atoms with Crippen LogP contribution in [0.5, 0.6) is 5.75 Å². The first kappa shape index (κ1) is 13.6. The lowest BCUT2D eigenvalue weighted by Gasteiger charge is -2.17. The number of rotatable bonds is 2. The molecule has 110 valence electrons. The van der Waals surface area contributed by atoms with Crippen molar-refractivity contribution in [3.63, 3.8) is 0 Å². The number of nitrogens with zero attached hydrogens (tertiary/aromatic N) is 2. The highest BCUT2D eigenvalue weighted by Crippen LogP contribution is 2.32. The maximum Gasteiger partial charge on any atom is 0.282 e. The number of nitrogen functional groups attached to an aromatic ring is 1. The largest absolute Gasteiger partial charge is 0.489 e. The van der Waals surface area contributed by atoms with Crippen LogP contribution in [0, 0.1) is 5.82 Å². The Labute approximate surface area is 117 Å². The van der Waals surface area contributed by atoms with E-state index in [9.17, 15) is 12.8 Å². The van der Waals surface area contributed by atoms with Gasteiger partial charge in [-0.15, -0.1) is 0 Å². The predicted molar refractivity (Wildman–Crippen MR) is 71.9 cm³/mol. The molecule has 2 N–H and O–H groups in total. The summed E-state index contributed by atoms with van der Waals surface area (Å²) < 4.78 is 45.7. The van der Waals surface area contributed by atoms with Crippen LogP contribution in [0.15, 0.2) is 18.2 Å². The molecule has 20 heavy (non-hydrogen) atoms. The molecule has 1 aromatic carbocycles. The molecule has 0 saturated carbocycles. The maximum absolute atomic E-state index is 13.2. The molecule has 2 atom stereocenters. The zero-order valence-electron chi connectivity index (χ0n) is 11.0. The lowest BCUT2D eigenvalue weighted by atomic mass is 10.2. The van der Waals surface area contributed by atoms with Crippen molar-refractivity contribution >= 4 is 15.9 Å². The molecule has 0 radical (unpaired) electrons. The van der Waals surface area contributed by atoms with Crippen LogP contribution < -0.4 is 10.5 Å². The van der Waals surface area contributed by atoms with E-state index in [1.807, 2.05) is 0 Å². The van der Waals surface area contributed by atoms with Gasteiger partial charge in [0, 0.05) is 43.9 Å². The van der Waals surface area contributed by atoms with Crippen molar-refractivity contribution in [2.45, 2.75) is 18.6 Å². The monoisotopic (exact) mass is 301 g/mol. The second-order valence-electron chi connectivity index (χ2n) is 5.21. The Morgan fingerprint density at radius 2 is 2.10 bits per heavy atom. The normalized spacial score (nSPS) is 29.5. The van der Waals surface area contributed by atoms with E-state index in [-0.39, 0.29) is 24.4 Å². The average Bonchev–Trinajstić information content (AvgIpc) is 2.78. The molecule has 2 aliphatic heterocycles. The van der Waals surface area contributed by atoms with E-state index < -0.39 is 16.0 Å². The fraction of sp³-hybridized carbons (Fsp3) is 0.500. The van der Waals surface area contributed by atoms with Gasteiger partial charge in [-0.05, 0) is 6.07 Å². The van der Waals surface area contributed by atoms with Crippen LogP contribution in [0.1, 0.15) is 6.42 Å². The molecule has 0 aliphatic carbocycles. The van der Waals surface area contributed by atoms with Gasteiger partial charge in [0.25, 0.3) is 10.2 Å². The van der Waals surface area contributed by atoms with Gasteiger partial charge < -0.3 is 10.5 Å². The number of hydrogen-bond donors (Lipinski definition) is 1. The third-order valence-electron chi connectivity index (χ3n) is 3.68. The van der Waals surface area contributed by atoms with Crippen molar-refractivity contribution in [3.8, 4) is 5.75 Å². The molecule has 0 aromatic heterocycles. The fourth-order valence-electron chi connectivity index (χ4n) is 2.79. The van der Waals surface area contributed by atoms with E-state index >= 15 is 0 Å². The van der Waals surface area contributed by atoms with E-state index in [0.717, 1.165) is 0 Å². The lowest BCUT2D eigenvalue weighted by molar-refractivity contribution is 0.211. The van der Waals surface area contributed by atoms with Crippen LogP contribution in [0.4, 0.5) is 10.1 Å². The van der Waals surface area contributed by atoms with Gasteiger partial charge in [-0.2, -0.15) is 17.0 Å². The number of fused-ring (bicyclic) bond motifs is 1. The Kier molecular flexibility index (Phi) is 3.11. The van der Waals surface area contributed by atoms with Crippen molar-refractivity contribution in [1.29, 1.82) is 0 Å². The number of likely N-dealkylation sites (N-methyl/N-ethyl adjacent to an activating group) is 1. The Morgan fingerprint density at radius 3 is 2.75 bits per heavy atom. The minimum Gasteiger partial charge on any atom is -0.489 e. The Bertz CT molecular complexity index is 617. The van der Waals surface area contributed by atoms with Crippen molar-refractivity contribution in [3.05, 3.63) is 24.0 Å². The second-order valence-corrected chi connectivity index (χ2v) is 7.20. The first-order valence-corrected chi connectivity index (χ1v) is 7.72. The van der Waals surface area contributed by atoms with E-state index in [1.54, 1.807) is 7.05 Å². The van der Waals surface area contributed by atoms with Crippen molar-refractivity contribution in [2.75, 3.05) is 25.9 Å². The predicted octanol–water partition coefficient (Wildman–Crippen LogP) is 0.420. The minimum absolute atomic E-state index is 0.0686. The maximum atomic E-state index is 13.2. The molecule has 3 rings (SSSR count). The summed E-state index contributed by atoms with van der Waals surface area (Å²) in [7, 11) is -1.79. The summed E-state index contributed by atoms with van der Waals surface area (Å²) in [5, 5.41) is 0. The van der Waals surface area contributed by atoms with E-state index in [4.69, 9.17) is 10.5 Å². The minimum atomic E-state index is -3.36. The number of hydrogen-bond acceptors (Lipinski definition) is 4. The quantitative estimate of drug-likeness (QED) is 0.803. The SMILES string of the molecule is CN1C[C@@H]2C[C@@H](Oc3cc(N)cc(F)c3)CN2S1(=O)=O. The first-order chi connectivity index (χ1) is 9.36. The smallest absolute Gasteiger partial charge is 0.282 e. The van der Waals surface area contributed by atoms with Gasteiger partial charge in [0.1, 0.15) is 17.7 Å². The lowest BCUT2D eigenvalue weighted by Crippen LogP contribution is -2.33. The van der Waals surface area contributed by atoms with Crippen LogP contribution in [0.3, 0.4) is 0 Å². The standard InChI is InChI=1S/C12H16FN3O3S/c1-15-6-10-5-12(7-16(10)20(15,17)18)19-11-3-8(13)2-9(14)4-11/h2-4,10,12H,5-7,14H2,1H3/t10-,12+/m0/s1. The van der Waals surface area contributed by atoms with Gasteiger partial charge >= 0.3 is 0 Å². The number of halogens is 1. The van der Waals surface area contributed by atoms with Gasteiger partial charge in [0.15, 0.2) is 0 Å². The van der Waals surface area contributed by atoms with Gasteiger partial charge in [-0.25, -0.2) is 4.39 Å². The molecule has 2 saturated heterocycles. The van der Waals surface area contributed by atoms with Gasteiger partial charge in [-0.1, -0.05) is 0 Å². The molecular formula is C12H16FN3O3S. The number of nitrogens with two attached hydrogens (primary N) is 1. The van der Waals surface area contributed by atoms with Gasteiger partial charge in [0.2, 0.25) is 0 Å². The summed E-state index contributed by atoms with van der Waals surface area (Å²) in [5.74, 6) is -0.134. The molecule has 0 unspecified atom stereocenters. The Balaban J connectivity index is 1.73. The summed E-state index contributed by atoms with van der Waals surface area (Å²) in [6.45, 7) is 0.751. The molecule has 0 spiro atoms. The Hall–Kier alpha value is -1.38. The molecule has 6 nitrogen and oxygen atoms in total. The molecule has 0 amide bonds. The van der Waals surface area contributed by atoms with Crippen LogP contribution in [0.25, 0.3) is 0 Å². The van der Waals surface area contributed by atoms with Crippen LogP contribution in [0.2, 0.25) is 0 Å². The topological polar surface area (TPSA) is 75.9 Å². The zero-order chi connectivity index (χ0) is 14.5. The van der Waals surface area contributed by atoms with Crippen molar-refractivity contribution in [1.82, 2.24) is 8.61 Å². The summed E-state index contributed by atoms with van der Waals surface area (Å²) >= 11 is 0. The summed E-state index contributed by atoms with van der Waals surface area (Å²) in [5.41, 5.74) is 5.84. The average molecular weight is 301 g/mol. The van der Waals surface area contributed by atoms with E-state index in [2.05, 4.69) is 0 Å². The van der Waals surface area contributed by atoms with Crippen LogP contribution in [-0.4, -0.2) is 49.3 Å². The van der Waals surface area contributed by atoms with Crippen LogP contribution in [-0.2, 0) is 10.2 Å². The zero-order valence-corrected chi connectivity index (χ0v) is 11.8. The summed E-state index contributed by atoms with van der Waals surface area (Å²) in [4.78, 5) is 0. The molecule has 2 aliphatic rings. The summed E-state index contributed by atoms with van der Waals surface area (Å²) in [6.07, 6.45) is 0.324. The van der Waals surface area contributed by atoms with Crippen molar-refractivity contribution < 1.29 is 17.5 Å². The van der Waals surface area contributed by atoms with E-state index in [1.165, 1.54) is 26.8 Å². The summed E-state index contributed by atoms with van der Waals surface area (Å²) in [6, 6.07) is 3.92. The van der Waals surface area contributed by atoms with Crippen LogP contribution >= 0.6 is 0 Å². The molecule has 0 bridgehead atoms. The third kappa shape index (κ3) is 2.23. The van der Waals surface area contributed by atoms with Crippen molar-refractivity contribution in [2.24, 2.45) is 0 Å². The highest BCUT2D eigenvalue weighted by molar-refractivity contribution is 7.87. The molecule has 8 heteroatoms. The number of anilines is 1. The number of ether oxygens (including phenoxy) is 1. The van der Waals surface area contributed by atoms with E-state index in [0.29, 0.717) is 18.7 Å². The van der Waals surface area contributed by atoms with Gasteiger partial charge in [0.05, 0.1) is 6.54 Å². The first-order valence-electron chi connectivity index (χ1n) is 6.32. The number of benzene rings is 1. The molecule has 1 aromatic rings. The Morgan fingerprint density at radius 1 is 1.35 bits per heavy atom. The second kappa shape index (κ2) is 4.57. The highest BCUT2D eigenvalue weighted by Gasteiger charge is 2.48. The highest BCUT2D eigenvalue weighted by atomic mass is 32.2. The molecule has 2 heterocycles. The molecular weight excluding hydrogens is 285 g/mol. The molecule has 2 fully saturated rings. The fourth-order valence-corrected chi connectivity index (χ4v) is 4.40.